The largest absolute Gasteiger partial charge is 0.357 e. The van der Waals surface area contributed by atoms with E-state index in [1.165, 1.54) is 0 Å². The molecule has 2 N–H and O–H groups in total. The smallest absolute Gasteiger partial charge is 0.187 e. The van der Waals surface area contributed by atoms with Crippen molar-refractivity contribution in [1.29, 1.82) is 0 Å². The Labute approximate surface area is 156 Å². The van der Waals surface area contributed by atoms with Crippen LogP contribution in [0.5, 0.6) is 0 Å². The number of benzene rings is 2. The Balaban J connectivity index is 1.61. The number of rotatable bonds is 4. The molecule has 1 aromatic heterocycles. The number of hydrazone groups is 1. The molecule has 0 saturated carbocycles. The molecule has 3 aromatic rings. The molecule has 25 heavy (non-hydrogen) atoms. The Morgan fingerprint density at radius 2 is 2.00 bits per heavy atom. The summed E-state index contributed by atoms with van der Waals surface area (Å²) in [6.45, 7) is 2.66. The maximum absolute atomic E-state index is 6.23. The van der Waals surface area contributed by atoms with Crippen LogP contribution in [0, 0.1) is 6.92 Å². The quantitative estimate of drug-likeness (QED) is 0.314. The van der Waals surface area contributed by atoms with Gasteiger partial charge in [0.15, 0.2) is 5.11 Å². The van der Waals surface area contributed by atoms with Gasteiger partial charge in [-0.05, 0) is 42.4 Å². The minimum atomic E-state index is 0.409. The second kappa shape index (κ2) is 8.05. The van der Waals surface area contributed by atoms with E-state index in [2.05, 4.69) is 20.8 Å². The van der Waals surface area contributed by atoms with Gasteiger partial charge in [-0.2, -0.15) is 5.10 Å². The molecule has 0 amide bonds. The fourth-order valence-corrected chi connectivity index (χ4v) is 2.66. The van der Waals surface area contributed by atoms with Crippen LogP contribution in [0.3, 0.4) is 0 Å². The second-order valence-electron chi connectivity index (χ2n) is 5.60. The second-order valence-corrected chi connectivity index (χ2v) is 6.37. The van der Waals surface area contributed by atoms with Crippen LogP contribution in [0.25, 0.3) is 10.9 Å². The van der Waals surface area contributed by atoms with Crippen molar-refractivity contribution < 1.29 is 0 Å². The average Bonchev–Trinajstić information content (AvgIpc) is 2.61. The van der Waals surface area contributed by atoms with Crippen LogP contribution in [0.15, 0.2) is 59.7 Å². The number of aryl methyl sites for hydroxylation is 1. The van der Waals surface area contributed by atoms with Crippen molar-refractivity contribution in [1.82, 2.24) is 15.7 Å². The van der Waals surface area contributed by atoms with Crippen LogP contribution in [-0.4, -0.2) is 16.3 Å². The van der Waals surface area contributed by atoms with Crippen molar-refractivity contribution in [3.05, 3.63) is 76.4 Å². The zero-order valence-corrected chi connectivity index (χ0v) is 15.2. The minimum Gasteiger partial charge on any atom is -0.357 e. The number of hydrogen-bond donors (Lipinski definition) is 2. The van der Waals surface area contributed by atoms with Crippen LogP contribution in [0.4, 0.5) is 0 Å². The van der Waals surface area contributed by atoms with Crippen molar-refractivity contribution >= 4 is 46.0 Å². The molecule has 1 heterocycles. The standard InChI is InChI=1S/C19H17ClN4S/c1-13-7-8-15-10-16(18(20)23-17(15)9-13)12-22-24-19(25)21-11-14-5-3-2-4-6-14/h2-10,12H,11H2,1H3,(H2,21,24,25)/b22-12-. The molecular weight excluding hydrogens is 352 g/mol. The van der Waals surface area contributed by atoms with Gasteiger partial charge < -0.3 is 5.32 Å². The van der Waals surface area contributed by atoms with Crippen LogP contribution in [0.1, 0.15) is 16.7 Å². The Morgan fingerprint density at radius 3 is 2.80 bits per heavy atom. The number of halogens is 1. The molecule has 0 saturated heterocycles. The molecule has 0 aliphatic rings. The Kier molecular flexibility index (Phi) is 5.58. The zero-order valence-electron chi connectivity index (χ0n) is 13.7. The summed E-state index contributed by atoms with van der Waals surface area (Å²) >= 11 is 11.4. The van der Waals surface area contributed by atoms with Gasteiger partial charge in [0.05, 0.1) is 11.7 Å². The molecule has 126 valence electrons. The van der Waals surface area contributed by atoms with Crippen LogP contribution < -0.4 is 10.7 Å². The fourth-order valence-electron chi connectivity index (χ4n) is 2.34. The third-order valence-electron chi connectivity index (χ3n) is 3.62. The number of fused-ring (bicyclic) bond motifs is 1. The number of thiocarbonyl (C=S) groups is 1. The van der Waals surface area contributed by atoms with Crippen molar-refractivity contribution in [3.63, 3.8) is 0 Å². The molecule has 0 spiro atoms. The summed E-state index contributed by atoms with van der Waals surface area (Å²) in [7, 11) is 0. The number of nitrogens with one attached hydrogen (secondary N) is 2. The summed E-state index contributed by atoms with van der Waals surface area (Å²) in [5.74, 6) is 0. The average molecular weight is 369 g/mol. The lowest BCUT2D eigenvalue weighted by molar-refractivity contribution is 0.869. The molecule has 0 bridgehead atoms. The molecule has 4 nitrogen and oxygen atoms in total. The lowest BCUT2D eigenvalue weighted by Gasteiger charge is -2.07. The minimum absolute atomic E-state index is 0.409. The molecule has 0 aliphatic carbocycles. The summed E-state index contributed by atoms with van der Waals surface area (Å²) in [6.07, 6.45) is 1.62. The first-order valence-electron chi connectivity index (χ1n) is 7.79. The monoisotopic (exact) mass is 368 g/mol. The van der Waals surface area contributed by atoms with Gasteiger partial charge in [-0.3, -0.25) is 5.43 Å². The van der Waals surface area contributed by atoms with Gasteiger partial charge in [0.1, 0.15) is 5.15 Å². The van der Waals surface area contributed by atoms with Crippen LogP contribution >= 0.6 is 23.8 Å². The Hall–Kier alpha value is -2.50. The van der Waals surface area contributed by atoms with Gasteiger partial charge >= 0.3 is 0 Å². The third kappa shape index (κ3) is 4.75. The molecule has 0 unspecified atom stereocenters. The first-order valence-corrected chi connectivity index (χ1v) is 8.58. The Bertz CT molecular complexity index is 925. The molecule has 0 aliphatic heterocycles. The van der Waals surface area contributed by atoms with Crippen molar-refractivity contribution in [2.24, 2.45) is 5.10 Å². The van der Waals surface area contributed by atoms with Gasteiger partial charge in [0.25, 0.3) is 0 Å². The summed E-state index contributed by atoms with van der Waals surface area (Å²) < 4.78 is 0. The predicted octanol–water partition coefficient (Wildman–Crippen LogP) is 4.19. The van der Waals surface area contributed by atoms with Crippen molar-refractivity contribution in [3.8, 4) is 0 Å². The number of hydrogen-bond acceptors (Lipinski definition) is 3. The van der Waals surface area contributed by atoms with E-state index in [0.717, 1.165) is 27.6 Å². The number of pyridine rings is 1. The highest BCUT2D eigenvalue weighted by atomic mass is 35.5. The maximum atomic E-state index is 6.23. The third-order valence-corrected chi connectivity index (χ3v) is 4.16. The zero-order chi connectivity index (χ0) is 17.6. The molecular formula is C19H17ClN4S. The highest BCUT2D eigenvalue weighted by molar-refractivity contribution is 7.80. The van der Waals surface area contributed by atoms with E-state index in [4.69, 9.17) is 23.8 Å². The van der Waals surface area contributed by atoms with Gasteiger partial charge in [-0.1, -0.05) is 54.1 Å². The van der Waals surface area contributed by atoms with E-state index < -0.39 is 0 Å². The Morgan fingerprint density at radius 1 is 1.20 bits per heavy atom. The molecule has 0 fully saturated rings. The summed E-state index contributed by atoms with van der Waals surface area (Å²) in [6, 6.07) is 18.0. The maximum Gasteiger partial charge on any atom is 0.187 e. The summed E-state index contributed by atoms with van der Waals surface area (Å²) in [5, 5.41) is 9.10. The number of nitrogens with zero attached hydrogens (tertiary/aromatic N) is 2. The van der Waals surface area contributed by atoms with Crippen molar-refractivity contribution in [2.45, 2.75) is 13.5 Å². The fraction of sp³-hybridized carbons (Fsp3) is 0.105. The summed E-state index contributed by atoms with van der Waals surface area (Å²) in [5.41, 5.74) is 6.69. The topological polar surface area (TPSA) is 49.3 Å². The van der Waals surface area contributed by atoms with E-state index in [9.17, 15) is 0 Å². The highest BCUT2D eigenvalue weighted by Crippen LogP contribution is 2.20. The van der Waals surface area contributed by atoms with Gasteiger partial charge in [-0.15, -0.1) is 0 Å². The van der Waals surface area contributed by atoms with E-state index in [0.29, 0.717) is 16.8 Å². The van der Waals surface area contributed by atoms with Crippen molar-refractivity contribution in [2.75, 3.05) is 0 Å². The lowest BCUT2D eigenvalue weighted by atomic mass is 10.1. The highest BCUT2D eigenvalue weighted by Gasteiger charge is 2.03. The molecule has 6 heteroatoms. The first-order chi connectivity index (χ1) is 12.1. The van der Waals surface area contributed by atoms with Crippen LogP contribution in [-0.2, 0) is 6.54 Å². The number of aromatic nitrogens is 1. The van der Waals surface area contributed by atoms with E-state index in [-0.39, 0.29) is 0 Å². The normalized spacial score (nSPS) is 11.0. The first kappa shape index (κ1) is 17.3. The molecule has 3 rings (SSSR count). The van der Waals surface area contributed by atoms with Gasteiger partial charge in [-0.25, -0.2) is 4.98 Å². The van der Waals surface area contributed by atoms with Gasteiger partial charge in [0, 0.05) is 17.5 Å². The van der Waals surface area contributed by atoms with Gasteiger partial charge in [0.2, 0.25) is 0 Å². The molecule has 0 radical (unpaired) electrons. The lowest BCUT2D eigenvalue weighted by Crippen LogP contribution is -2.31. The SMILES string of the molecule is Cc1ccc2cc(/C=N\NC(=S)NCc3ccccc3)c(Cl)nc2c1. The van der Waals surface area contributed by atoms with E-state index in [1.54, 1.807) is 6.21 Å². The predicted molar refractivity (Wildman–Crippen MR) is 108 cm³/mol. The molecule has 2 aromatic carbocycles. The van der Waals surface area contributed by atoms with E-state index in [1.807, 2.05) is 61.5 Å². The summed E-state index contributed by atoms with van der Waals surface area (Å²) in [4.78, 5) is 4.41. The van der Waals surface area contributed by atoms with Crippen LogP contribution in [0.2, 0.25) is 5.15 Å². The molecule has 0 atom stereocenters. The van der Waals surface area contributed by atoms with E-state index >= 15 is 0 Å².